The summed E-state index contributed by atoms with van der Waals surface area (Å²) in [6, 6.07) is 16.0. The molecule has 0 bridgehead atoms. The first-order chi connectivity index (χ1) is 13.5. The minimum atomic E-state index is -0.782. The third-order valence-electron chi connectivity index (χ3n) is 5.04. The van der Waals surface area contributed by atoms with E-state index in [0.29, 0.717) is 35.5 Å². The van der Waals surface area contributed by atoms with Gasteiger partial charge in [0.2, 0.25) is 0 Å². The molecule has 142 valence electrons. The fourth-order valence-electron chi connectivity index (χ4n) is 3.64. The smallest absolute Gasteiger partial charge is 0.306 e. The second kappa shape index (κ2) is 7.43. The van der Waals surface area contributed by atoms with Crippen molar-refractivity contribution in [1.29, 1.82) is 0 Å². The van der Waals surface area contributed by atoms with Gasteiger partial charge >= 0.3 is 5.97 Å². The highest BCUT2D eigenvalue weighted by molar-refractivity contribution is 5.72. The predicted molar refractivity (Wildman–Crippen MR) is 101 cm³/mol. The van der Waals surface area contributed by atoms with Crippen molar-refractivity contribution in [1.82, 2.24) is 0 Å². The number of para-hydroxylation sites is 1. The van der Waals surface area contributed by atoms with E-state index in [1.54, 1.807) is 24.3 Å². The van der Waals surface area contributed by atoms with E-state index in [0.717, 1.165) is 23.6 Å². The summed E-state index contributed by atoms with van der Waals surface area (Å²) in [6.07, 6.45) is 1.83. The number of carboxylic acids is 1. The Balaban J connectivity index is 1.66. The van der Waals surface area contributed by atoms with Gasteiger partial charge in [0.05, 0.1) is 5.92 Å². The van der Waals surface area contributed by atoms with Crippen LogP contribution in [0.15, 0.2) is 60.7 Å². The summed E-state index contributed by atoms with van der Waals surface area (Å²) in [5.41, 5.74) is 3.05. The van der Waals surface area contributed by atoms with Gasteiger partial charge in [-0.3, -0.25) is 4.79 Å². The van der Waals surface area contributed by atoms with Crippen molar-refractivity contribution in [3.8, 4) is 22.6 Å². The third-order valence-corrected chi connectivity index (χ3v) is 5.04. The van der Waals surface area contributed by atoms with Crippen molar-refractivity contribution in [3.63, 3.8) is 0 Å². The van der Waals surface area contributed by atoms with E-state index in [1.807, 2.05) is 18.2 Å². The zero-order chi connectivity index (χ0) is 19.7. The van der Waals surface area contributed by atoms with Gasteiger partial charge in [0.1, 0.15) is 23.1 Å². The van der Waals surface area contributed by atoms with E-state index < -0.39 is 17.6 Å². The van der Waals surface area contributed by atoms with Gasteiger partial charge in [-0.05, 0) is 66.3 Å². The zero-order valence-corrected chi connectivity index (χ0v) is 15.0. The Kier molecular flexibility index (Phi) is 4.82. The first-order valence-corrected chi connectivity index (χ1v) is 9.07. The van der Waals surface area contributed by atoms with E-state index in [4.69, 9.17) is 4.74 Å². The summed E-state index contributed by atoms with van der Waals surface area (Å²) < 4.78 is 33.3. The third kappa shape index (κ3) is 3.74. The molecule has 0 saturated heterocycles. The Labute approximate surface area is 161 Å². The van der Waals surface area contributed by atoms with Crippen LogP contribution in [0.2, 0.25) is 0 Å². The SMILES string of the molecule is O=C(O)C1CCc2ccc(Oc3ccccc3-c3cc(F)cc(F)c3)cc2C1. The molecule has 3 aromatic carbocycles. The number of halogens is 2. The number of carbonyl (C=O) groups is 1. The van der Waals surface area contributed by atoms with Crippen LogP contribution in [0, 0.1) is 17.6 Å². The summed E-state index contributed by atoms with van der Waals surface area (Å²) in [5.74, 6) is -1.44. The molecule has 1 aliphatic rings. The molecule has 0 radical (unpaired) electrons. The molecule has 0 amide bonds. The van der Waals surface area contributed by atoms with Crippen LogP contribution >= 0.6 is 0 Å². The van der Waals surface area contributed by atoms with E-state index in [2.05, 4.69) is 0 Å². The molecule has 5 heteroatoms. The molecule has 0 heterocycles. The van der Waals surface area contributed by atoms with Crippen molar-refractivity contribution < 1.29 is 23.4 Å². The minimum Gasteiger partial charge on any atom is -0.481 e. The number of benzene rings is 3. The van der Waals surface area contributed by atoms with Gasteiger partial charge in [-0.15, -0.1) is 0 Å². The molecule has 3 aromatic rings. The summed E-state index contributed by atoms with van der Waals surface area (Å²) in [5, 5.41) is 9.28. The van der Waals surface area contributed by atoms with Gasteiger partial charge in [-0.1, -0.05) is 24.3 Å². The van der Waals surface area contributed by atoms with Crippen molar-refractivity contribution in [3.05, 3.63) is 83.4 Å². The Morgan fingerprint density at radius 2 is 1.71 bits per heavy atom. The standard InChI is InChI=1S/C23H18F2O3/c24-18-10-17(11-19(25)13-18)21-3-1-2-4-22(21)28-20-8-7-14-5-6-15(23(26)27)9-16(14)12-20/h1-4,7-8,10-13,15H,5-6,9H2,(H,26,27). The second-order valence-corrected chi connectivity index (χ2v) is 6.96. The molecule has 28 heavy (non-hydrogen) atoms. The number of hydrogen-bond donors (Lipinski definition) is 1. The van der Waals surface area contributed by atoms with E-state index in [1.165, 1.54) is 12.1 Å². The number of rotatable bonds is 4. The molecule has 1 atom stereocenters. The lowest BCUT2D eigenvalue weighted by molar-refractivity contribution is -0.142. The Morgan fingerprint density at radius 1 is 0.964 bits per heavy atom. The average Bonchev–Trinajstić information content (AvgIpc) is 2.67. The van der Waals surface area contributed by atoms with E-state index in [9.17, 15) is 18.7 Å². The van der Waals surface area contributed by atoms with Crippen molar-refractivity contribution >= 4 is 5.97 Å². The molecule has 3 nitrogen and oxygen atoms in total. The predicted octanol–water partition coefficient (Wildman–Crippen LogP) is 5.61. The summed E-state index contributed by atoms with van der Waals surface area (Å²) >= 11 is 0. The molecule has 1 N–H and O–H groups in total. The average molecular weight is 380 g/mol. The Bertz CT molecular complexity index is 1030. The van der Waals surface area contributed by atoms with Crippen molar-refractivity contribution in [2.24, 2.45) is 5.92 Å². The molecule has 0 saturated carbocycles. The highest BCUT2D eigenvalue weighted by Crippen LogP contribution is 2.36. The molecule has 1 aliphatic carbocycles. The maximum absolute atomic E-state index is 13.6. The van der Waals surface area contributed by atoms with Gasteiger partial charge < -0.3 is 9.84 Å². The van der Waals surface area contributed by atoms with Crippen molar-refractivity contribution in [2.45, 2.75) is 19.3 Å². The normalized spacial score (nSPS) is 15.7. The fraction of sp³-hybridized carbons (Fsp3) is 0.174. The van der Waals surface area contributed by atoms with E-state index >= 15 is 0 Å². The first kappa shape index (κ1) is 18.2. The van der Waals surface area contributed by atoms with Crippen LogP contribution in [0.25, 0.3) is 11.1 Å². The van der Waals surface area contributed by atoms with Gasteiger partial charge in [0.15, 0.2) is 0 Å². The number of aryl methyl sites for hydroxylation is 1. The van der Waals surface area contributed by atoms with Gasteiger partial charge in [0, 0.05) is 11.6 Å². The van der Waals surface area contributed by atoms with E-state index in [-0.39, 0.29) is 5.92 Å². The topological polar surface area (TPSA) is 46.5 Å². The molecule has 0 aromatic heterocycles. The lowest BCUT2D eigenvalue weighted by Crippen LogP contribution is -2.22. The molecular weight excluding hydrogens is 362 g/mol. The van der Waals surface area contributed by atoms with Gasteiger partial charge in [-0.25, -0.2) is 8.78 Å². The van der Waals surface area contributed by atoms with Crippen molar-refractivity contribution in [2.75, 3.05) is 0 Å². The first-order valence-electron chi connectivity index (χ1n) is 9.07. The molecule has 0 aliphatic heterocycles. The van der Waals surface area contributed by atoms with Crippen LogP contribution in [-0.4, -0.2) is 11.1 Å². The molecule has 4 rings (SSSR count). The van der Waals surface area contributed by atoms with Crippen LogP contribution in [0.5, 0.6) is 11.5 Å². The number of hydrogen-bond acceptors (Lipinski definition) is 2. The summed E-state index contributed by atoms with van der Waals surface area (Å²) in [6.45, 7) is 0. The highest BCUT2D eigenvalue weighted by Gasteiger charge is 2.24. The second-order valence-electron chi connectivity index (χ2n) is 6.96. The number of fused-ring (bicyclic) bond motifs is 1. The fourth-order valence-corrected chi connectivity index (χ4v) is 3.64. The van der Waals surface area contributed by atoms with Crippen LogP contribution in [0.3, 0.4) is 0 Å². The maximum atomic E-state index is 13.6. The van der Waals surface area contributed by atoms with Crippen LogP contribution in [-0.2, 0) is 17.6 Å². The Morgan fingerprint density at radius 3 is 2.46 bits per heavy atom. The lowest BCUT2D eigenvalue weighted by atomic mass is 9.84. The van der Waals surface area contributed by atoms with Gasteiger partial charge in [0.25, 0.3) is 0 Å². The summed E-state index contributed by atoms with van der Waals surface area (Å²) in [4.78, 5) is 11.3. The minimum absolute atomic E-state index is 0.384. The maximum Gasteiger partial charge on any atom is 0.306 e. The largest absolute Gasteiger partial charge is 0.481 e. The molecular formula is C23H18F2O3. The number of carboxylic acid groups (broad SMARTS) is 1. The number of aliphatic carboxylic acids is 1. The highest BCUT2D eigenvalue weighted by atomic mass is 19.1. The van der Waals surface area contributed by atoms with Gasteiger partial charge in [-0.2, -0.15) is 0 Å². The summed E-state index contributed by atoms with van der Waals surface area (Å²) in [7, 11) is 0. The lowest BCUT2D eigenvalue weighted by Gasteiger charge is -2.22. The molecule has 0 spiro atoms. The van der Waals surface area contributed by atoms with Crippen LogP contribution < -0.4 is 4.74 Å². The Hall–Kier alpha value is -3.21. The number of ether oxygens (including phenoxy) is 1. The monoisotopic (exact) mass is 380 g/mol. The molecule has 0 fully saturated rings. The quantitative estimate of drug-likeness (QED) is 0.640. The zero-order valence-electron chi connectivity index (χ0n) is 15.0. The van der Waals surface area contributed by atoms with Crippen LogP contribution in [0.4, 0.5) is 8.78 Å². The van der Waals surface area contributed by atoms with Crippen LogP contribution in [0.1, 0.15) is 17.5 Å². The molecule has 1 unspecified atom stereocenters.